The Bertz CT molecular complexity index is 1020. The van der Waals surface area contributed by atoms with Gasteiger partial charge in [0.25, 0.3) is 0 Å². The molecule has 1 N–H and O–H groups in total. The molecule has 0 saturated carbocycles. The number of hydrogen-bond donors (Lipinski definition) is 1. The van der Waals surface area contributed by atoms with Gasteiger partial charge in [0, 0.05) is 24.4 Å². The zero-order chi connectivity index (χ0) is 18.3. The van der Waals surface area contributed by atoms with Crippen LogP contribution in [0.25, 0.3) is 22.4 Å². The highest BCUT2D eigenvalue weighted by Gasteiger charge is 2.14. The second-order valence-corrected chi connectivity index (χ2v) is 7.11. The van der Waals surface area contributed by atoms with Gasteiger partial charge in [0.05, 0.1) is 5.39 Å². The number of halogens is 2. The van der Waals surface area contributed by atoms with Crippen LogP contribution in [0.4, 0.5) is 0 Å². The van der Waals surface area contributed by atoms with Gasteiger partial charge in [-0.1, -0.05) is 0 Å². The first kappa shape index (κ1) is 22.2. The van der Waals surface area contributed by atoms with E-state index in [1.807, 2.05) is 32.0 Å². The van der Waals surface area contributed by atoms with Crippen molar-refractivity contribution >= 4 is 35.9 Å². The van der Waals surface area contributed by atoms with Gasteiger partial charge < -0.3 is 9.52 Å². The summed E-state index contributed by atoms with van der Waals surface area (Å²) in [4.78, 5) is 19.4. The maximum atomic E-state index is 12.6. The van der Waals surface area contributed by atoms with Crippen molar-refractivity contribution in [2.24, 2.45) is 0 Å². The third-order valence-electron chi connectivity index (χ3n) is 5.02. The van der Waals surface area contributed by atoms with Crippen LogP contribution < -0.4 is 5.43 Å². The summed E-state index contributed by atoms with van der Waals surface area (Å²) < 4.78 is 5.90. The fourth-order valence-corrected chi connectivity index (χ4v) is 3.61. The summed E-state index contributed by atoms with van der Waals surface area (Å²) in [6.45, 7) is 6.68. The summed E-state index contributed by atoms with van der Waals surface area (Å²) in [6, 6.07) is 7.03. The Balaban J connectivity index is 0.00000140. The number of phenolic OH excluding ortho intramolecular Hbond substituents is 1. The van der Waals surface area contributed by atoms with Gasteiger partial charge in [0.1, 0.15) is 11.5 Å². The van der Waals surface area contributed by atoms with Gasteiger partial charge >= 0.3 is 0 Å². The summed E-state index contributed by atoms with van der Waals surface area (Å²) in [5, 5.41) is 10.5. The molecule has 0 unspecified atom stereocenters. The van der Waals surface area contributed by atoms with Gasteiger partial charge in [-0.3, -0.25) is 9.69 Å². The number of hydrogen-bond acceptors (Lipinski definition) is 5. The highest BCUT2D eigenvalue weighted by Crippen LogP contribution is 2.29. The van der Waals surface area contributed by atoms with Crippen LogP contribution in [0.3, 0.4) is 0 Å². The first-order valence-electron chi connectivity index (χ1n) is 8.97. The lowest BCUT2D eigenvalue weighted by Gasteiger charge is -2.14. The molecular formula is C21H24Cl2N2O3. The monoisotopic (exact) mass is 422 g/mol. The topological polar surface area (TPSA) is 66.6 Å². The predicted molar refractivity (Wildman–Crippen MR) is 116 cm³/mol. The van der Waals surface area contributed by atoms with Crippen LogP contribution >= 0.6 is 24.8 Å². The van der Waals surface area contributed by atoms with Crippen LogP contribution in [0.15, 0.2) is 39.7 Å². The molecule has 5 nitrogen and oxygen atoms in total. The summed E-state index contributed by atoms with van der Waals surface area (Å²) >= 11 is 0. The number of aryl methyl sites for hydroxylation is 2. The summed E-state index contributed by atoms with van der Waals surface area (Å²) in [5.41, 5.74) is 3.55. The molecule has 2 aromatic heterocycles. The molecule has 0 atom stereocenters. The minimum absolute atomic E-state index is 0. The number of phenols is 1. The normalized spacial score (nSPS) is 13.9. The standard InChI is InChI=1S/C21H22N2O3.2ClH/c1-13-7-16(8-14(2)20(13)25)19-10-18(24)17-9-15(11-22-21(17)26-19)12-23-5-3-4-6-23;;/h7-11,25H,3-6,12H2,1-2H3;2*1H. The highest BCUT2D eigenvalue weighted by atomic mass is 35.5. The van der Waals surface area contributed by atoms with Gasteiger partial charge in [-0.05, 0) is 74.7 Å². The smallest absolute Gasteiger partial charge is 0.230 e. The third kappa shape index (κ3) is 4.32. The van der Waals surface area contributed by atoms with Crippen molar-refractivity contribution in [2.45, 2.75) is 33.2 Å². The lowest BCUT2D eigenvalue weighted by molar-refractivity contribution is 0.331. The summed E-state index contributed by atoms with van der Waals surface area (Å²) in [7, 11) is 0. The van der Waals surface area contributed by atoms with E-state index in [2.05, 4.69) is 9.88 Å². The second kappa shape index (κ2) is 8.95. The maximum Gasteiger partial charge on any atom is 0.230 e. The first-order chi connectivity index (χ1) is 12.5. The number of aromatic hydroxyl groups is 1. The van der Waals surface area contributed by atoms with Crippen LogP contribution in [0.1, 0.15) is 29.5 Å². The van der Waals surface area contributed by atoms with Crippen LogP contribution in [0.5, 0.6) is 5.75 Å². The number of aromatic nitrogens is 1. The van der Waals surface area contributed by atoms with E-state index in [1.54, 1.807) is 6.20 Å². The zero-order valence-electron chi connectivity index (χ0n) is 15.9. The van der Waals surface area contributed by atoms with E-state index in [-0.39, 0.29) is 36.0 Å². The average Bonchev–Trinajstić information content (AvgIpc) is 3.12. The molecule has 1 fully saturated rings. The SMILES string of the molecule is Cc1cc(-c2cc(=O)c3cc(CN4CCCC4)cnc3o2)cc(C)c1O.Cl.Cl. The minimum Gasteiger partial charge on any atom is -0.507 e. The van der Waals surface area contributed by atoms with E-state index in [1.165, 1.54) is 18.9 Å². The average molecular weight is 423 g/mol. The Morgan fingerprint density at radius 1 is 1.07 bits per heavy atom. The Labute approximate surface area is 176 Å². The van der Waals surface area contributed by atoms with Gasteiger partial charge in [-0.25, -0.2) is 4.98 Å². The van der Waals surface area contributed by atoms with E-state index >= 15 is 0 Å². The van der Waals surface area contributed by atoms with Crippen LogP contribution in [0.2, 0.25) is 0 Å². The fraction of sp³-hybridized carbons (Fsp3) is 0.333. The van der Waals surface area contributed by atoms with Crippen LogP contribution in [-0.4, -0.2) is 28.1 Å². The largest absolute Gasteiger partial charge is 0.507 e. The predicted octanol–water partition coefficient (Wildman–Crippen LogP) is 4.62. The lowest BCUT2D eigenvalue weighted by atomic mass is 10.0. The molecule has 28 heavy (non-hydrogen) atoms. The van der Waals surface area contributed by atoms with E-state index in [0.717, 1.165) is 41.9 Å². The number of likely N-dealkylation sites (tertiary alicyclic amines) is 1. The quantitative estimate of drug-likeness (QED) is 0.666. The molecule has 1 aliphatic heterocycles. The molecule has 1 aliphatic rings. The molecule has 1 saturated heterocycles. The van der Waals surface area contributed by atoms with Gasteiger partial charge in [0.15, 0.2) is 5.43 Å². The van der Waals surface area contributed by atoms with Gasteiger partial charge in [-0.15, -0.1) is 24.8 Å². The Morgan fingerprint density at radius 3 is 2.36 bits per heavy atom. The van der Waals surface area contributed by atoms with E-state index in [0.29, 0.717) is 16.9 Å². The van der Waals surface area contributed by atoms with E-state index < -0.39 is 0 Å². The minimum atomic E-state index is -0.0968. The van der Waals surface area contributed by atoms with Crippen LogP contribution in [-0.2, 0) is 6.54 Å². The Hall–Kier alpha value is -2.08. The molecule has 0 amide bonds. The maximum absolute atomic E-state index is 12.6. The molecule has 0 spiro atoms. The molecule has 0 bridgehead atoms. The number of pyridine rings is 1. The molecule has 0 aliphatic carbocycles. The summed E-state index contributed by atoms with van der Waals surface area (Å²) in [6.07, 6.45) is 4.26. The molecule has 3 heterocycles. The molecule has 3 aromatic rings. The fourth-order valence-electron chi connectivity index (χ4n) is 3.61. The number of benzene rings is 1. The van der Waals surface area contributed by atoms with Gasteiger partial charge in [-0.2, -0.15) is 0 Å². The second-order valence-electron chi connectivity index (χ2n) is 7.11. The number of rotatable bonds is 3. The van der Waals surface area contributed by atoms with Crippen molar-refractivity contribution in [3.05, 3.63) is 57.4 Å². The molecule has 0 radical (unpaired) electrons. The number of nitrogens with zero attached hydrogens (tertiary/aromatic N) is 2. The van der Waals surface area contributed by atoms with Crippen molar-refractivity contribution in [1.29, 1.82) is 0 Å². The van der Waals surface area contributed by atoms with E-state index in [9.17, 15) is 9.90 Å². The summed E-state index contributed by atoms with van der Waals surface area (Å²) in [5.74, 6) is 0.732. The highest BCUT2D eigenvalue weighted by molar-refractivity contribution is 5.85. The van der Waals surface area contributed by atoms with E-state index in [4.69, 9.17) is 4.42 Å². The van der Waals surface area contributed by atoms with Gasteiger partial charge in [0.2, 0.25) is 5.71 Å². The molecule has 4 rings (SSSR count). The Kier molecular flexibility index (Phi) is 7.10. The molecule has 1 aromatic carbocycles. The Morgan fingerprint density at radius 2 is 1.71 bits per heavy atom. The first-order valence-corrected chi connectivity index (χ1v) is 8.97. The van der Waals surface area contributed by atoms with Crippen molar-refractivity contribution in [1.82, 2.24) is 9.88 Å². The van der Waals surface area contributed by atoms with Crippen molar-refractivity contribution in [2.75, 3.05) is 13.1 Å². The molecule has 150 valence electrons. The zero-order valence-corrected chi connectivity index (χ0v) is 17.5. The lowest BCUT2D eigenvalue weighted by Crippen LogP contribution is -2.18. The van der Waals surface area contributed by atoms with Crippen molar-refractivity contribution in [3.8, 4) is 17.1 Å². The third-order valence-corrected chi connectivity index (χ3v) is 5.02. The molecular weight excluding hydrogens is 399 g/mol. The van der Waals surface area contributed by atoms with Crippen molar-refractivity contribution in [3.63, 3.8) is 0 Å². The van der Waals surface area contributed by atoms with Crippen LogP contribution in [0, 0.1) is 13.8 Å². The number of fused-ring (bicyclic) bond motifs is 1. The van der Waals surface area contributed by atoms with Crippen molar-refractivity contribution < 1.29 is 9.52 Å². The molecule has 7 heteroatoms.